The van der Waals surface area contributed by atoms with Crippen LogP contribution in [-0.2, 0) is 6.61 Å². The molecule has 4 nitrogen and oxygen atoms in total. The van der Waals surface area contributed by atoms with Gasteiger partial charge in [-0.1, -0.05) is 29.8 Å². The molecule has 0 aliphatic heterocycles. The minimum atomic E-state index is 0.143. The van der Waals surface area contributed by atoms with Crippen molar-refractivity contribution in [2.24, 2.45) is 10.8 Å². The lowest BCUT2D eigenvalue weighted by molar-refractivity contribution is 0.306. The van der Waals surface area contributed by atoms with E-state index in [0.717, 1.165) is 16.9 Å². The number of benzene rings is 2. The Hall–Kier alpha value is -2.40. The van der Waals surface area contributed by atoms with Crippen LogP contribution >= 0.6 is 12.2 Å². The van der Waals surface area contributed by atoms with Gasteiger partial charge in [-0.15, -0.1) is 0 Å². The van der Waals surface area contributed by atoms with Crippen molar-refractivity contribution >= 4 is 23.5 Å². The standard InChI is InChI=1S/C16H17N3OS/c1-12-2-4-14(5-3-12)11-20-15-8-6-13(7-9-15)10-18-19-16(17)21/h2-10H,11H2,1H3,(H3,17,19,21)/b18-10-. The topological polar surface area (TPSA) is 59.6 Å². The third-order valence-electron chi connectivity index (χ3n) is 2.79. The predicted molar refractivity (Wildman–Crippen MR) is 89.5 cm³/mol. The molecule has 0 amide bonds. The average Bonchev–Trinajstić information content (AvgIpc) is 2.48. The summed E-state index contributed by atoms with van der Waals surface area (Å²) < 4.78 is 5.73. The zero-order valence-electron chi connectivity index (χ0n) is 11.7. The third kappa shape index (κ3) is 5.24. The third-order valence-corrected chi connectivity index (χ3v) is 2.89. The van der Waals surface area contributed by atoms with Crippen molar-refractivity contribution < 1.29 is 4.74 Å². The number of hydrogen-bond donors (Lipinski definition) is 2. The van der Waals surface area contributed by atoms with Crippen molar-refractivity contribution in [1.82, 2.24) is 5.43 Å². The van der Waals surface area contributed by atoms with E-state index < -0.39 is 0 Å². The highest BCUT2D eigenvalue weighted by Crippen LogP contribution is 2.13. The summed E-state index contributed by atoms with van der Waals surface area (Å²) in [5.74, 6) is 0.815. The highest BCUT2D eigenvalue weighted by molar-refractivity contribution is 7.80. The molecule has 3 N–H and O–H groups in total. The number of thiocarbonyl (C=S) groups is 1. The Balaban J connectivity index is 1.88. The number of nitrogens with two attached hydrogens (primary N) is 1. The number of rotatable bonds is 5. The summed E-state index contributed by atoms with van der Waals surface area (Å²) in [6, 6.07) is 15.9. The fraction of sp³-hybridized carbons (Fsp3) is 0.125. The molecule has 0 bridgehead atoms. The maximum absolute atomic E-state index is 5.73. The highest BCUT2D eigenvalue weighted by atomic mass is 32.1. The van der Waals surface area contributed by atoms with Gasteiger partial charge in [0.1, 0.15) is 12.4 Å². The van der Waals surface area contributed by atoms with Gasteiger partial charge in [-0.3, -0.25) is 5.43 Å². The molecule has 0 fully saturated rings. The molecule has 5 heteroatoms. The van der Waals surface area contributed by atoms with Crippen LogP contribution in [0.5, 0.6) is 5.75 Å². The summed E-state index contributed by atoms with van der Waals surface area (Å²) in [4.78, 5) is 0. The van der Waals surface area contributed by atoms with Crippen LogP contribution in [0, 0.1) is 6.92 Å². The molecule has 108 valence electrons. The van der Waals surface area contributed by atoms with Gasteiger partial charge in [0.2, 0.25) is 0 Å². The molecular formula is C16H17N3OS. The van der Waals surface area contributed by atoms with E-state index in [4.69, 9.17) is 10.5 Å². The zero-order chi connectivity index (χ0) is 15.1. The van der Waals surface area contributed by atoms with E-state index in [2.05, 4.69) is 53.9 Å². The molecular weight excluding hydrogens is 282 g/mol. The quantitative estimate of drug-likeness (QED) is 0.506. The van der Waals surface area contributed by atoms with Gasteiger partial charge in [-0.05, 0) is 54.5 Å². The summed E-state index contributed by atoms with van der Waals surface area (Å²) in [6.45, 7) is 2.62. The molecule has 2 aromatic carbocycles. The molecule has 0 heterocycles. The summed E-state index contributed by atoms with van der Waals surface area (Å²) >= 11 is 4.65. The molecule has 0 spiro atoms. The molecule has 0 aromatic heterocycles. The second-order valence-electron chi connectivity index (χ2n) is 4.58. The number of nitrogens with one attached hydrogen (secondary N) is 1. The van der Waals surface area contributed by atoms with Crippen LogP contribution in [0.15, 0.2) is 53.6 Å². The van der Waals surface area contributed by atoms with Gasteiger partial charge < -0.3 is 10.5 Å². The molecule has 2 aromatic rings. The van der Waals surface area contributed by atoms with E-state index in [9.17, 15) is 0 Å². The van der Waals surface area contributed by atoms with Crippen LogP contribution in [0.1, 0.15) is 16.7 Å². The summed E-state index contributed by atoms with van der Waals surface area (Å²) in [7, 11) is 0. The first-order valence-electron chi connectivity index (χ1n) is 6.50. The number of hydrazone groups is 1. The minimum Gasteiger partial charge on any atom is -0.489 e. The van der Waals surface area contributed by atoms with Crippen LogP contribution in [0.4, 0.5) is 0 Å². The first kappa shape index (κ1) is 15.0. The van der Waals surface area contributed by atoms with Crippen LogP contribution in [0.3, 0.4) is 0 Å². The van der Waals surface area contributed by atoms with Gasteiger partial charge in [-0.2, -0.15) is 5.10 Å². The normalized spacial score (nSPS) is 10.5. The van der Waals surface area contributed by atoms with Crippen LogP contribution < -0.4 is 15.9 Å². The molecule has 0 atom stereocenters. The Morgan fingerprint density at radius 2 is 1.86 bits per heavy atom. The van der Waals surface area contributed by atoms with E-state index in [-0.39, 0.29) is 5.11 Å². The Morgan fingerprint density at radius 3 is 2.48 bits per heavy atom. The van der Waals surface area contributed by atoms with Gasteiger partial charge in [0.25, 0.3) is 0 Å². The summed E-state index contributed by atoms with van der Waals surface area (Å²) in [6.07, 6.45) is 1.64. The maximum atomic E-state index is 5.73. The lowest BCUT2D eigenvalue weighted by Gasteiger charge is -2.06. The maximum Gasteiger partial charge on any atom is 0.184 e. The molecule has 0 aliphatic rings. The van der Waals surface area contributed by atoms with Crippen molar-refractivity contribution in [2.75, 3.05) is 0 Å². The first-order chi connectivity index (χ1) is 10.1. The summed E-state index contributed by atoms with van der Waals surface area (Å²) in [5.41, 5.74) is 11.1. The fourth-order valence-corrected chi connectivity index (χ4v) is 1.72. The van der Waals surface area contributed by atoms with Crippen molar-refractivity contribution in [3.63, 3.8) is 0 Å². The molecule has 0 aliphatic carbocycles. The van der Waals surface area contributed by atoms with E-state index in [1.807, 2.05) is 24.3 Å². The number of nitrogens with zero attached hydrogens (tertiary/aromatic N) is 1. The molecule has 0 unspecified atom stereocenters. The van der Waals surface area contributed by atoms with Gasteiger partial charge >= 0.3 is 0 Å². The summed E-state index contributed by atoms with van der Waals surface area (Å²) in [5, 5.41) is 4.03. The average molecular weight is 299 g/mol. The zero-order valence-corrected chi connectivity index (χ0v) is 12.6. The van der Waals surface area contributed by atoms with Crippen LogP contribution in [0.25, 0.3) is 0 Å². The minimum absolute atomic E-state index is 0.143. The van der Waals surface area contributed by atoms with Gasteiger partial charge in [0.15, 0.2) is 5.11 Å². The Bertz CT molecular complexity index is 621. The van der Waals surface area contributed by atoms with Gasteiger partial charge in [0.05, 0.1) is 6.21 Å². The lowest BCUT2D eigenvalue weighted by atomic mass is 10.2. The Kier molecular flexibility index (Phi) is 5.29. The molecule has 0 saturated heterocycles. The molecule has 21 heavy (non-hydrogen) atoms. The fourth-order valence-electron chi connectivity index (χ4n) is 1.67. The number of hydrogen-bond acceptors (Lipinski definition) is 3. The van der Waals surface area contributed by atoms with E-state index >= 15 is 0 Å². The molecule has 0 saturated carbocycles. The van der Waals surface area contributed by atoms with Crippen molar-refractivity contribution in [2.45, 2.75) is 13.5 Å². The second kappa shape index (κ2) is 7.40. The van der Waals surface area contributed by atoms with Crippen molar-refractivity contribution in [1.29, 1.82) is 0 Å². The second-order valence-corrected chi connectivity index (χ2v) is 5.02. The predicted octanol–water partition coefficient (Wildman–Crippen LogP) is 2.74. The monoisotopic (exact) mass is 299 g/mol. The largest absolute Gasteiger partial charge is 0.489 e. The first-order valence-corrected chi connectivity index (χ1v) is 6.91. The van der Waals surface area contributed by atoms with Gasteiger partial charge in [0, 0.05) is 0 Å². The Labute approximate surface area is 129 Å². The number of ether oxygens (including phenoxy) is 1. The van der Waals surface area contributed by atoms with Crippen LogP contribution in [0.2, 0.25) is 0 Å². The van der Waals surface area contributed by atoms with E-state index in [1.54, 1.807) is 6.21 Å². The smallest absolute Gasteiger partial charge is 0.184 e. The number of aryl methyl sites for hydroxylation is 1. The molecule has 2 rings (SSSR count). The van der Waals surface area contributed by atoms with Crippen molar-refractivity contribution in [3.05, 3.63) is 65.2 Å². The SMILES string of the molecule is Cc1ccc(COc2ccc(/C=N\NC(N)=S)cc2)cc1. The van der Waals surface area contributed by atoms with Crippen molar-refractivity contribution in [3.8, 4) is 5.75 Å². The highest BCUT2D eigenvalue weighted by Gasteiger charge is 1.96. The van der Waals surface area contributed by atoms with Crippen LogP contribution in [-0.4, -0.2) is 11.3 Å². The van der Waals surface area contributed by atoms with E-state index in [0.29, 0.717) is 6.61 Å². The van der Waals surface area contributed by atoms with E-state index in [1.165, 1.54) is 5.56 Å². The molecule has 0 radical (unpaired) electrons. The lowest BCUT2D eigenvalue weighted by Crippen LogP contribution is -2.23. The Morgan fingerprint density at radius 1 is 1.19 bits per heavy atom. The van der Waals surface area contributed by atoms with Gasteiger partial charge in [-0.25, -0.2) is 0 Å².